The molecule has 0 bridgehead atoms. The largest absolute Gasteiger partial charge is 0.289 e. The van der Waals surface area contributed by atoms with Crippen molar-refractivity contribution in [3.05, 3.63) is 0 Å². The molecule has 0 aromatic carbocycles. The number of hydrogen-bond donors (Lipinski definition) is 2. The van der Waals surface area contributed by atoms with Crippen LogP contribution in [0.1, 0.15) is 6.92 Å². The van der Waals surface area contributed by atoms with Crippen LogP contribution in [-0.4, -0.2) is 31.5 Å². The Morgan fingerprint density at radius 2 is 2.09 bits per heavy atom. The Kier molecular flexibility index (Phi) is 3.47. The number of carbonyl (C=O) groups excluding carboxylic acids is 1. The van der Waals surface area contributed by atoms with Crippen molar-refractivity contribution in [1.29, 1.82) is 0 Å². The van der Waals surface area contributed by atoms with E-state index in [0.717, 1.165) is 6.26 Å². The fourth-order valence-electron chi connectivity index (χ4n) is 0.640. The van der Waals surface area contributed by atoms with Crippen LogP contribution in [0.15, 0.2) is 0 Å². The van der Waals surface area contributed by atoms with Crippen molar-refractivity contribution in [2.75, 3.05) is 12.0 Å². The van der Waals surface area contributed by atoms with Crippen molar-refractivity contribution in [3.8, 4) is 0 Å². The normalized spacial score (nSPS) is 14.1. The van der Waals surface area contributed by atoms with Crippen LogP contribution in [0.25, 0.3) is 0 Å². The molecule has 1 atom stereocenters. The van der Waals surface area contributed by atoms with E-state index in [1.807, 2.05) is 0 Å². The molecular formula is C5H11NO4S. The lowest BCUT2D eigenvalue weighted by molar-refractivity contribution is -0.132. The van der Waals surface area contributed by atoms with Crippen LogP contribution in [-0.2, 0) is 14.6 Å². The molecule has 1 unspecified atom stereocenters. The molecule has 0 aliphatic carbocycles. The van der Waals surface area contributed by atoms with Gasteiger partial charge >= 0.3 is 0 Å². The van der Waals surface area contributed by atoms with Gasteiger partial charge in [0.25, 0.3) is 0 Å². The minimum atomic E-state index is -3.15. The molecule has 0 saturated heterocycles. The smallest absolute Gasteiger partial charge is 0.247 e. The second-order valence-corrected chi connectivity index (χ2v) is 4.65. The highest BCUT2D eigenvalue weighted by Gasteiger charge is 2.17. The summed E-state index contributed by atoms with van der Waals surface area (Å²) in [6.45, 7) is 1.42. The van der Waals surface area contributed by atoms with Crippen molar-refractivity contribution in [3.63, 3.8) is 0 Å². The molecule has 0 aliphatic heterocycles. The highest BCUT2D eigenvalue weighted by molar-refractivity contribution is 7.90. The highest BCUT2D eigenvalue weighted by atomic mass is 32.2. The average molecular weight is 181 g/mol. The van der Waals surface area contributed by atoms with Crippen molar-refractivity contribution >= 4 is 15.7 Å². The fourth-order valence-corrected chi connectivity index (χ4v) is 1.70. The van der Waals surface area contributed by atoms with Crippen LogP contribution < -0.4 is 5.48 Å². The lowest BCUT2D eigenvalue weighted by Gasteiger charge is -2.05. The number of amides is 1. The van der Waals surface area contributed by atoms with Gasteiger partial charge in [-0.1, -0.05) is 6.92 Å². The third-order valence-electron chi connectivity index (χ3n) is 1.11. The molecule has 0 rings (SSSR count). The number of rotatable bonds is 3. The van der Waals surface area contributed by atoms with Gasteiger partial charge in [-0.15, -0.1) is 0 Å². The van der Waals surface area contributed by atoms with Gasteiger partial charge in [0.2, 0.25) is 5.91 Å². The first kappa shape index (κ1) is 10.4. The van der Waals surface area contributed by atoms with Gasteiger partial charge in [-0.2, -0.15) is 0 Å². The summed E-state index contributed by atoms with van der Waals surface area (Å²) in [7, 11) is -3.15. The van der Waals surface area contributed by atoms with Gasteiger partial charge in [0.15, 0.2) is 0 Å². The Balaban J connectivity index is 4.09. The average Bonchev–Trinajstić information content (AvgIpc) is 1.82. The summed E-state index contributed by atoms with van der Waals surface area (Å²) < 4.78 is 21.2. The van der Waals surface area contributed by atoms with E-state index in [2.05, 4.69) is 0 Å². The van der Waals surface area contributed by atoms with Crippen molar-refractivity contribution in [1.82, 2.24) is 5.48 Å². The second-order valence-electron chi connectivity index (χ2n) is 2.47. The molecule has 5 nitrogen and oxygen atoms in total. The minimum absolute atomic E-state index is 0.251. The van der Waals surface area contributed by atoms with Gasteiger partial charge in [-0.05, 0) is 0 Å². The van der Waals surface area contributed by atoms with Gasteiger partial charge in [-0.25, -0.2) is 13.9 Å². The molecule has 0 aromatic rings. The predicted molar refractivity (Wildman–Crippen MR) is 38.8 cm³/mol. The van der Waals surface area contributed by atoms with Gasteiger partial charge in [0, 0.05) is 6.26 Å². The first-order chi connectivity index (χ1) is 4.87. The number of nitrogens with one attached hydrogen (secondary N) is 1. The number of sulfone groups is 1. The van der Waals surface area contributed by atoms with Gasteiger partial charge < -0.3 is 0 Å². The fraction of sp³-hybridized carbons (Fsp3) is 0.800. The monoisotopic (exact) mass is 181 g/mol. The molecule has 6 heteroatoms. The molecule has 0 radical (unpaired) electrons. The molecule has 1 amide bonds. The van der Waals surface area contributed by atoms with Crippen LogP contribution >= 0.6 is 0 Å². The summed E-state index contributed by atoms with van der Waals surface area (Å²) in [6.07, 6.45) is 1.04. The Labute approximate surface area is 65.3 Å². The van der Waals surface area contributed by atoms with E-state index in [1.165, 1.54) is 12.4 Å². The van der Waals surface area contributed by atoms with Crippen LogP contribution in [0.3, 0.4) is 0 Å². The van der Waals surface area contributed by atoms with Crippen molar-refractivity contribution in [2.45, 2.75) is 6.92 Å². The van der Waals surface area contributed by atoms with Crippen LogP contribution in [0, 0.1) is 5.92 Å². The molecule has 2 N–H and O–H groups in total. The molecule has 0 fully saturated rings. The SMILES string of the molecule is CC(CS(C)(=O)=O)C(=O)NO. The Hall–Kier alpha value is -0.620. The minimum Gasteiger partial charge on any atom is -0.289 e. The van der Waals surface area contributed by atoms with E-state index in [0.29, 0.717) is 0 Å². The third kappa shape index (κ3) is 4.74. The maximum atomic E-state index is 10.6. The zero-order chi connectivity index (χ0) is 9.07. The molecular weight excluding hydrogens is 170 g/mol. The number of carbonyl (C=O) groups is 1. The van der Waals surface area contributed by atoms with Crippen molar-refractivity contribution in [2.24, 2.45) is 5.92 Å². The van der Waals surface area contributed by atoms with E-state index in [9.17, 15) is 13.2 Å². The maximum Gasteiger partial charge on any atom is 0.247 e. The van der Waals surface area contributed by atoms with Crippen LogP contribution in [0.2, 0.25) is 0 Å². The molecule has 11 heavy (non-hydrogen) atoms. The summed E-state index contributed by atoms with van der Waals surface area (Å²) in [6, 6.07) is 0. The standard InChI is InChI=1S/C5H11NO4S/c1-4(5(7)6-8)3-11(2,9)10/h4,8H,3H2,1-2H3,(H,6,7). The highest BCUT2D eigenvalue weighted by Crippen LogP contribution is 1.98. The van der Waals surface area contributed by atoms with E-state index < -0.39 is 21.7 Å². The van der Waals surface area contributed by atoms with Crippen LogP contribution in [0.5, 0.6) is 0 Å². The maximum absolute atomic E-state index is 10.6. The first-order valence-electron chi connectivity index (χ1n) is 2.98. The topological polar surface area (TPSA) is 83.5 Å². The van der Waals surface area contributed by atoms with E-state index in [1.54, 1.807) is 0 Å². The second kappa shape index (κ2) is 3.68. The van der Waals surface area contributed by atoms with E-state index in [4.69, 9.17) is 5.21 Å². The lowest BCUT2D eigenvalue weighted by atomic mass is 10.2. The molecule has 0 saturated carbocycles. The quantitative estimate of drug-likeness (QED) is 0.440. The molecule has 66 valence electrons. The molecule has 0 heterocycles. The Morgan fingerprint density at radius 3 is 2.36 bits per heavy atom. The van der Waals surface area contributed by atoms with E-state index in [-0.39, 0.29) is 5.75 Å². The van der Waals surface area contributed by atoms with Gasteiger partial charge in [-0.3, -0.25) is 10.0 Å². The first-order valence-corrected chi connectivity index (χ1v) is 5.04. The third-order valence-corrected chi connectivity index (χ3v) is 2.22. The summed E-state index contributed by atoms with van der Waals surface area (Å²) in [5.41, 5.74) is 1.38. The predicted octanol–water partition coefficient (Wildman–Crippen LogP) is -0.827. The van der Waals surface area contributed by atoms with Gasteiger partial charge in [0.05, 0.1) is 11.7 Å². The molecule has 0 aliphatic rings. The van der Waals surface area contributed by atoms with Crippen LogP contribution in [0.4, 0.5) is 0 Å². The number of hydroxylamine groups is 1. The van der Waals surface area contributed by atoms with Gasteiger partial charge in [0.1, 0.15) is 9.84 Å². The van der Waals surface area contributed by atoms with Crippen molar-refractivity contribution < 1.29 is 18.4 Å². The summed E-state index contributed by atoms with van der Waals surface area (Å²) in [5, 5.41) is 8.11. The summed E-state index contributed by atoms with van der Waals surface area (Å²) >= 11 is 0. The Morgan fingerprint density at radius 1 is 1.64 bits per heavy atom. The zero-order valence-electron chi connectivity index (χ0n) is 6.36. The molecule has 0 spiro atoms. The number of hydrogen-bond acceptors (Lipinski definition) is 4. The Bertz CT molecular complexity index is 233. The summed E-state index contributed by atoms with van der Waals surface area (Å²) in [5.74, 6) is -1.65. The van der Waals surface area contributed by atoms with E-state index >= 15 is 0 Å². The lowest BCUT2D eigenvalue weighted by Crippen LogP contribution is -2.30. The zero-order valence-corrected chi connectivity index (χ0v) is 7.18. The summed E-state index contributed by atoms with van der Waals surface area (Å²) in [4.78, 5) is 10.6. The molecule has 0 aromatic heterocycles.